The standard InChI is InChI=1S/C17H29N5/c1-6-8-9-11-17(3,10-7-2)15-12-14(20-21(15)4)16-18-13-19-22(16)5/h12-13H,6-11H2,1-5H3. The monoisotopic (exact) mass is 303 g/mol. The summed E-state index contributed by atoms with van der Waals surface area (Å²) >= 11 is 0. The van der Waals surface area contributed by atoms with Crippen LogP contribution in [0.3, 0.4) is 0 Å². The molecule has 2 aromatic rings. The summed E-state index contributed by atoms with van der Waals surface area (Å²) in [6.07, 6.45) is 9.01. The minimum atomic E-state index is 0.183. The number of aryl methyl sites for hydroxylation is 2. The summed E-state index contributed by atoms with van der Waals surface area (Å²) in [7, 11) is 3.95. The van der Waals surface area contributed by atoms with E-state index in [1.165, 1.54) is 44.2 Å². The molecule has 0 fully saturated rings. The Labute approximate surface area is 133 Å². The van der Waals surface area contributed by atoms with Crippen molar-refractivity contribution in [3.63, 3.8) is 0 Å². The largest absolute Gasteiger partial charge is 0.271 e. The number of nitrogens with zero attached hydrogens (tertiary/aromatic N) is 5. The molecule has 0 spiro atoms. The van der Waals surface area contributed by atoms with Crippen LogP contribution in [0.5, 0.6) is 0 Å². The number of aromatic nitrogens is 5. The average molecular weight is 303 g/mol. The second kappa shape index (κ2) is 7.07. The zero-order valence-electron chi connectivity index (χ0n) is 14.6. The highest BCUT2D eigenvalue weighted by atomic mass is 15.3. The smallest absolute Gasteiger partial charge is 0.178 e. The van der Waals surface area contributed by atoms with E-state index in [1.807, 2.05) is 18.8 Å². The Morgan fingerprint density at radius 1 is 1.05 bits per heavy atom. The summed E-state index contributed by atoms with van der Waals surface area (Å²) in [5.74, 6) is 0.828. The molecule has 122 valence electrons. The van der Waals surface area contributed by atoms with E-state index in [1.54, 1.807) is 11.0 Å². The van der Waals surface area contributed by atoms with Crippen LogP contribution < -0.4 is 0 Å². The van der Waals surface area contributed by atoms with Gasteiger partial charge in [-0.3, -0.25) is 4.68 Å². The maximum absolute atomic E-state index is 4.68. The molecule has 0 saturated carbocycles. The van der Waals surface area contributed by atoms with Gasteiger partial charge >= 0.3 is 0 Å². The fourth-order valence-corrected chi connectivity index (χ4v) is 3.37. The highest BCUT2D eigenvalue weighted by Gasteiger charge is 2.29. The van der Waals surface area contributed by atoms with Gasteiger partial charge in [-0.05, 0) is 18.9 Å². The van der Waals surface area contributed by atoms with Crippen molar-refractivity contribution in [2.45, 2.75) is 64.7 Å². The van der Waals surface area contributed by atoms with E-state index in [0.717, 1.165) is 11.5 Å². The fourth-order valence-electron chi connectivity index (χ4n) is 3.37. The van der Waals surface area contributed by atoms with Gasteiger partial charge < -0.3 is 0 Å². The molecule has 1 atom stereocenters. The zero-order chi connectivity index (χ0) is 16.2. The third-order valence-corrected chi connectivity index (χ3v) is 4.57. The Hall–Kier alpha value is -1.65. The summed E-state index contributed by atoms with van der Waals surface area (Å²) < 4.78 is 3.81. The van der Waals surface area contributed by atoms with Crippen LogP contribution in [-0.4, -0.2) is 24.5 Å². The van der Waals surface area contributed by atoms with E-state index in [9.17, 15) is 0 Å². The van der Waals surface area contributed by atoms with Gasteiger partial charge in [0.05, 0.1) is 0 Å². The Morgan fingerprint density at radius 3 is 2.41 bits per heavy atom. The topological polar surface area (TPSA) is 48.5 Å². The van der Waals surface area contributed by atoms with Crippen LogP contribution in [0.1, 0.15) is 65.0 Å². The second-order valence-corrected chi connectivity index (χ2v) is 6.51. The van der Waals surface area contributed by atoms with Crippen molar-refractivity contribution in [2.75, 3.05) is 0 Å². The number of unbranched alkanes of at least 4 members (excludes halogenated alkanes) is 2. The number of hydrogen-bond donors (Lipinski definition) is 0. The first-order chi connectivity index (χ1) is 10.5. The molecule has 0 radical (unpaired) electrons. The summed E-state index contributed by atoms with van der Waals surface area (Å²) in [4.78, 5) is 4.32. The first-order valence-electron chi connectivity index (χ1n) is 8.40. The van der Waals surface area contributed by atoms with Crippen molar-refractivity contribution in [1.82, 2.24) is 24.5 Å². The molecule has 0 aliphatic carbocycles. The maximum Gasteiger partial charge on any atom is 0.178 e. The van der Waals surface area contributed by atoms with E-state index < -0.39 is 0 Å². The predicted octanol–water partition coefficient (Wildman–Crippen LogP) is 3.85. The van der Waals surface area contributed by atoms with Gasteiger partial charge in [0.15, 0.2) is 5.82 Å². The number of rotatable bonds is 8. The van der Waals surface area contributed by atoms with Crippen LogP contribution in [0.4, 0.5) is 0 Å². The molecule has 22 heavy (non-hydrogen) atoms. The van der Waals surface area contributed by atoms with Crippen LogP contribution in [0.15, 0.2) is 12.4 Å². The van der Waals surface area contributed by atoms with E-state index in [0.29, 0.717) is 0 Å². The van der Waals surface area contributed by atoms with E-state index in [2.05, 4.69) is 42.0 Å². The Bertz CT molecular complexity index is 598. The second-order valence-electron chi connectivity index (χ2n) is 6.51. The normalized spacial score (nSPS) is 14.2. The lowest BCUT2D eigenvalue weighted by atomic mass is 9.77. The van der Waals surface area contributed by atoms with E-state index in [4.69, 9.17) is 0 Å². The molecule has 2 aromatic heterocycles. The number of hydrogen-bond acceptors (Lipinski definition) is 3. The molecule has 2 rings (SSSR count). The molecule has 0 aliphatic heterocycles. The third kappa shape index (κ3) is 3.39. The SMILES string of the molecule is CCCCCC(C)(CCC)c1cc(-c2ncnn2C)nn1C. The van der Waals surface area contributed by atoms with Crippen molar-refractivity contribution in [3.8, 4) is 11.5 Å². The molecule has 2 heterocycles. The summed E-state index contributed by atoms with van der Waals surface area (Å²) in [6, 6.07) is 2.20. The fraction of sp³-hybridized carbons (Fsp3) is 0.706. The Kier molecular flexibility index (Phi) is 5.37. The first kappa shape index (κ1) is 16.7. The highest BCUT2D eigenvalue weighted by molar-refractivity contribution is 5.50. The predicted molar refractivity (Wildman–Crippen MR) is 89.6 cm³/mol. The molecule has 5 nitrogen and oxygen atoms in total. The van der Waals surface area contributed by atoms with Crippen molar-refractivity contribution >= 4 is 0 Å². The molecule has 5 heteroatoms. The molecule has 0 aromatic carbocycles. The van der Waals surface area contributed by atoms with Crippen molar-refractivity contribution in [3.05, 3.63) is 18.1 Å². The molecular weight excluding hydrogens is 274 g/mol. The van der Waals surface area contributed by atoms with Gasteiger partial charge in [0.1, 0.15) is 12.0 Å². The van der Waals surface area contributed by atoms with Gasteiger partial charge in [0, 0.05) is 25.2 Å². The first-order valence-corrected chi connectivity index (χ1v) is 8.40. The molecular formula is C17H29N5. The van der Waals surface area contributed by atoms with Gasteiger partial charge in [-0.15, -0.1) is 0 Å². The van der Waals surface area contributed by atoms with E-state index in [-0.39, 0.29) is 5.41 Å². The Morgan fingerprint density at radius 2 is 1.82 bits per heavy atom. The van der Waals surface area contributed by atoms with Gasteiger partial charge in [0.25, 0.3) is 0 Å². The van der Waals surface area contributed by atoms with Crippen LogP contribution in [0.2, 0.25) is 0 Å². The molecule has 0 N–H and O–H groups in total. The summed E-state index contributed by atoms with van der Waals surface area (Å²) in [5, 5.41) is 8.83. The van der Waals surface area contributed by atoms with Gasteiger partial charge in [-0.2, -0.15) is 10.2 Å². The zero-order valence-corrected chi connectivity index (χ0v) is 14.6. The minimum Gasteiger partial charge on any atom is -0.271 e. The van der Waals surface area contributed by atoms with Crippen molar-refractivity contribution in [2.24, 2.45) is 14.1 Å². The van der Waals surface area contributed by atoms with Crippen LogP contribution in [0, 0.1) is 0 Å². The molecule has 0 amide bonds. The molecule has 0 saturated heterocycles. The van der Waals surface area contributed by atoms with Crippen molar-refractivity contribution < 1.29 is 0 Å². The van der Waals surface area contributed by atoms with Gasteiger partial charge in [-0.25, -0.2) is 9.67 Å². The molecule has 1 unspecified atom stereocenters. The quantitative estimate of drug-likeness (QED) is 0.696. The molecule has 0 bridgehead atoms. The van der Waals surface area contributed by atoms with Crippen LogP contribution in [-0.2, 0) is 19.5 Å². The van der Waals surface area contributed by atoms with Crippen LogP contribution >= 0.6 is 0 Å². The highest BCUT2D eigenvalue weighted by Crippen LogP contribution is 2.35. The molecule has 0 aliphatic rings. The third-order valence-electron chi connectivity index (χ3n) is 4.57. The van der Waals surface area contributed by atoms with Gasteiger partial charge in [-0.1, -0.05) is 46.5 Å². The summed E-state index contributed by atoms with van der Waals surface area (Å²) in [5.41, 5.74) is 2.40. The van der Waals surface area contributed by atoms with Crippen molar-refractivity contribution in [1.29, 1.82) is 0 Å². The minimum absolute atomic E-state index is 0.183. The van der Waals surface area contributed by atoms with E-state index >= 15 is 0 Å². The lowest BCUT2D eigenvalue weighted by Crippen LogP contribution is -2.25. The lowest BCUT2D eigenvalue weighted by molar-refractivity contribution is 0.355. The van der Waals surface area contributed by atoms with Crippen LogP contribution in [0.25, 0.3) is 11.5 Å². The summed E-state index contributed by atoms with van der Waals surface area (Å²) in [6.45, 7) is 6.90. The lowest BCUT2D eigenvalue weighted by Gasteiger charge is -2.29. The Balaban J connectivity index is 2.32. The average Bonchev–Trinajstić information content (AvgIpc) is 3.05. The maximum atomic E-state index is 4.68. The van der Waals surface area contributed by atoms with Gasteiger partial charge in [0.2, 0.25) is 0 Å².